The number of rotatable bonds is 6. The quantitative estimate of drug-likeness (QED) is 0.801. The molecule has 1 aromatic rings. The van der Waals surface area contributed by atoms with Gasteiger partial charge in [-0.15, -0.1) is 0 Å². The predicted octanol–water partition coefficient (Wildman–Crippen LogP) is 2.69. The molecule has 0 bridgehead atoms. The molecule has 20 heavy (non-hydrogen) atoms. The van der Waals surface area contributed by atoms with Gasteiger partial charge < -0.3 is 9.64 Å². The van der Waals surface area contributed by atoms with E-state index < -0.39 is 0 Å². The van der Waals surface area contributed by atoms with Gasteiger partial charge >= 0.3 is 0 Å². The lowest BCUT2D eigenvalue weighted by Gasteiger charge is -2.18. The van der Waals surface area contributed by atoms with E-state index in [4.69, 9.17) is 10.00 Å². The molecule has 0 aromatic heterocycles. The van der Waals surface area contributed by atoms with Crippen LogP contribution in [0.5, 0.6) is 5.75 Å². The monoisotopic (exact) mass is 274 g/mol. The molecule has 4 heteroatoms. The maximum absolute atomic E-state index is 11.9. The average molecular weight is 274 g/mol. The lowest BCUT2D eigenvalue weighted by molar-refractivity contribution is -0.130. The largest absolute Gasteiger partial charge is 0.493 e. The second kappa shape index (κ2) is 7.54. The van der Waals surface area contributed by atoms with Crippen molar-refractivity contribution < 1.29 is 9.53 Å². The van der Waals surface area contributed by atoms with Crippen molar-refractivity contribution >= 4 is 5.91 Å². The van der Waals surface area contributed by atoms with Gasteiger partial charge in [-0.2, -0.15) is 5.26 Å². The van der Waals surface area contributed by atoms with Gasteiger partial charge in [-0.25, -0.2) is 0 Å². The molecular formula is C16H22N2O2. The van der Waals surface area contributed by atoms with E-state index in [1.165, 1.54) is 5.56 Å². The van der Waals surface area contributed by atoms with Gasteiger partial charge in [0, 0.05) is 13.6 Å². The van der Waals surface area contributed by atoms with Gasteiger partial charge in [0.2, 0.25) is 5.91 Å². The van der Waals surface area contributed by atoms with E-state index in [-0.39, 0.29) is 11.8 Å². The van der Waals surface area contributed by atoms with Gasteiger partial charge in [-0.3, -0.25) is 4.79 Å². The second-order valence-electron chi connectivity index (χ2n) is 5.10. The van der Waals surface area contributed by atoms with Crippen LogP contribution in [0.2, 0.25) is 0 Å². The molecular weight excluding hydrogens is 252 g/mol. The molecule has 1 amide bonds. The minimum absolute atomic E-state index is 0.00240. The second-order valence-corrected chi connectivity index (χ2v) is 5.10. The molecule has 1 aromatic carbocycles. The van der Waals surface area contributed by atoms with E-state index in [0.29, 0.717) is 19.6 Å². The fraction of sp³-hybridized carbons (Fsp3) is 0.500. The Morgan fingerprint density at radius 3 is 2.80 bits per heavy atom. The molecule has 0 N–H and O–H groups in total. The Labute approximate surface area is 121 Å². The molecule has 1 atom stereocenters. The molecule has 4 nitrogen and oxygen atoms in total. The SMILES string of the molecule is Cc1cccc(OCCC(=O)N(C)C[C@H](C)C#N)c1C. The average Bonchev–Trinajstić information content (AvgIpc) is 2.43. The molecule has 0 unspecified atom stereocenters. The van der Waals surface area contributed by atoms with Crippen molar-refractivity contribution in [3.05, 3.63) is 29.3 Å². The van der Waals surface area contributed by atoms with Crippen LogP contribution in [0.25, 0.3) is 0 Å². The number of carbonyl (C=O) groups is 1. The van der Waals surface area contributed by atoms with Crippen LogP contribution in [0.1, 0.15) is 24.5 Å². The number of nitrogens with zero attached hydrogens (tertiary/aromatic N) is 2. The van der Waals surface area contributed by atoms with E-state index in [1.807, 2.05) is 32.0 Å². The highest BCUT2D eigenvalue weighted by Crippen LogP contribution is 2.20. The maximum atomic E-state index is 11.9. The third-order valence-corrected chi connectivity index (χ3v) is 3.32. The van der Waals surface area contributed by atoms with Crippen molar-refractivity contribution in [1.29, 1.82) is 5.26 Å². The number of hydrogen-bond donors (Lipinski definition) is 0. The van der Waals surface area contributed by atoms with Crippen molar-refractivity contribution in [1.82, 2.24) is 4.90 Å². The molecule has 0 aliphatic carbocycles. The number of aryl methyl sites for hydroxylation is 1. The molecule has 0 aliphatic heterocycles. The van der Waals surface area contributed by atoms with Crippen molar-refractivity contribution in [2.45, 2.75) is 27.2 Å². The summed E-state index contributed by atoms with van der Waals surface area (Å²) >= 11 is 0. The van der Waals surface area contributed by atoms with Gasteiger partial charge in [-0.05, 0) is 38.0 Å². The van der Waals surface area contributed by atoms with Gasteiger partial charge in [0.05, 0.1) is 25.0 Å². The van der Waals surface area contributed by atoms with E-state index in [9.17, 15) is 4.79 Å². The first-order chi connectivity index (χ1) is 9.45. The lowest BCUT2D eigenvalue weighted by Crippen LogP contribution is -2.31. The van der Waals surface area contributed by atoms with Gasteiger partial charge in [0.25, 0.3) is 0 Å². The molecule has 0 aliphatic rings. The van der Waals surface area contributed by atoms with Crippen LogP contribution in [-0.4, -0.2) is 31.0 Å². The highest BCUT2D eigenvalue weighted by molar-refractivity contribution is 5.76. The summed E-state index contributed by atoms with van der Waals surface area (Å²) in [6, 6.07) is 8.01. The van der Waals surface area contributed by atoms with E-state index in [1.54, 1.807) is 18.9 Å². The summed E-state index contributed by atoms with van der Waals surface area (Å²) in [7, 11) is 1.72. The number of ether oxygens (including phenoxy) is 1. The zero-order valence-corrected chi connectivity index (χ0v) is 12.6. The first kappa shape index (κ1) is 16.0. The summed E-state index contributed by atoms with van der Waals surface area (Å²) in [6.07, 6.45) is 0.321. The topological polar surface area (TPSA) is 53.3 Å². The Kier molecular flexibility index (Phi) is 6.05. The molecule has 0 radical (unpaired) electrons. The third kappa shape index (κ3) is 4.58. The highest BCUT2D eigenvalue weighted by atomic mass is 16.5. The first-order valence-electron chi connectivity index (χ1n) is 6.78. The zero-order chi connectivity index (χ0) is 15.1. The summed E-state index contributed by atoms with van der Waals surface area (Å²) in [4.78, 5) is 13.5. The Balaban J connectivity index is 2.42. The van der Waals surface area contributed by atoms with E-state index in [2.05, 4.69) is 6.07 Å². The van der Waals surface area contributed by atoms with Gasteiger partial charge in [0.1, 0.15) is 5.75 Å². The summed E-state index contributed by atoms with van der Waals surface area (Å²) in [5, 5.41) is 8.73. The van der Waals surface area contributed by atoms with Crippen molar-refractivity contribution in [3.8, 4) is 11.8 Å². The highest BCUT2D eigenvalue weighted by Gasteiger charge is 2.12. The summed E-state index contributed by atoms with van der Waals surface area (Å²) in [6.45, 7) is 6.65. The Morgan fingerprint density at radius 1 is 1.45 bits per heavy atom. The van der Waals surface area contributed by atoms with Crippen LogP contribution in [0.3, 0.4) is 0 Å². The van der Waals surface area contributed by atoms with Crippen LogP contribution in [0.4, 0.5) is 0 Å². The molecule has 0 spiro atoms. The normalized spacial score (nSPS) is 11.6. The summed E-state index contributed by atoms with van der Waals surface area (Å²) < 4.78 is 5.66. The minimum Gasteiger partial charge on any atom is -0.493 e. The standard InChI is InChI=1S/C16H22N2O2/c1-12(10-17)11-18(4)16(19)8-9-20-15-7-5-6-13(2)14(15)3/h5-7,12H,8-9,11H2,1-4H3/t12-/m1/s1. The van der Waals surface area contributed by atoms with Gasteiger partial charge in [0.15, 0.2) is 0 Å². The maximum Gasteiger partial charge on any atom is 0.225 e. The first-order valence-corrected chi connectivity index (χ1v) is 6.78. The number of carbonyl (C=O) groups excluding carboxylic acids is 1. The predicted molar refractivity (Wildman–Crippen MR) is 78.4 cm³/mol. The minimum atomic E-state index is -0.149. The van der Waals surface area contributed by atoms with E-state index >= 15 is 0 Å². The molecule has 108 valence electrons. The molecule has 0 saturated carbocycles. The lowest BCUT2D eigenvalue weighted by atomic mass is 10.1. The number of hydrogen-bond acceptors (Lipinski definition) is 3. The number of benzene rings is 1. The van der Waals surface area contributed by atoms with Crippen molar-refractivity contribution in [2.75, 3.05) is 20.2 Å². The number of amides is 1. The Hall–Kier alpha value is -2.02. The van der Waals surface area contributed by atoms with Crippen LogP contribution in [-0.2, 0) is 4.79 Å². The molecule has 1 rings (SSSR count). The smallest absolute Gasteiger partial charge is 0.225 e. The third-order valence-electron chi connectivity index (χ3n) is 3.32. The fourth-order valence-electron chi connectivity index (χ4n) is 1.87. The van der Waals surface area contributed by atoms with E-state index in [0.717, 1.165) is 11.3 Å². The van der Waals surface area contributed by atoms with Crippen molar-refractivity contribution in [2.24, 2.45) is 5.92 Å². The van der Waals surface area contributed by atoms with Crippen LogP contribution < -0.4 is 4.74 Å². The summed E-state index contributed by atoms with van der Waals surface area (Å²) in [5.74, 6) is 0.673. The van der Waals surface area contributed by atoms with Crippen LogP contribution in [0, 0.1) is 31.1 Å². The zero-order valence-electron chi connectivity index (χ0n) is 12.6. The van der Waals surface area contributed by atoms with Crippen molar-refractivity contribution in [3.63, 3.8) is 0 Å². The fourth-order valence-corrected chi connectivity index (χ4v) is 1.87. The molecule has 0 heterocycles. The van der Waals surface area contributed by atoms with Crippen LogP contribution >= 0.6 is 0 Å². The number of nitriles is 1. The Bertz CT molecular complexity index is 506. The molecule has 0 saturated heterocycles. The van der Waals surface area contributed by atoms with Crippen LogP contribution in [0.15, 0.2) is 18.2 Å². The Morgan fingerprint density at radius 2 is 2.15 bits per heavy atom. The molecule has 0 fully saturated rings. The summed E-state index contributed by atoms with van der Waals surface area (Å²) in [5.41, 5.74) is 2.28. The van der Waals surface area contributed by atoms with Gasteiger partial charge in [-0.1, -0.05) is 12.1 Å².